The highest BCUT2D eigenvalue weighted by Crippen LogP contribution is 2.31. The van der Waals surface area contributed by atoms with Crippen molar-refractivity contribution >= 4 is 17.0 Å². The van der Waals surface area contributed by atoms with Crippen LogP contribution in [0.15, 0.2) is 85.1 Å². The van der Waals surface area contributed by atoms with Crippen LogP contribution in [0.25, 0.3) is 39.5 Å². The molecule has 0 atom stereocenters. The van der Waals surface area contributed by atoms with Crippen LogP contribution in [0.1, 0.15) is 5.56 Å². The molecule has 1 aliphatic heterocycles. The molecule has 4 heterocycles. The minimum atomic E-state index is 0.447. The summed E-state index contributed by atoms with van der Waals surface area (Å²) in [4.78, 5) is 16.8. The van der Waals surface area contributed by atoms with Crippen LogP contribution in [0.2, 0.25) is 0 Å². The Hall–Kier alpha value is -4.07. The molecule has 0 radical (unpaired) electrons. The summed E-state index contributed by atoms with van der Waals surface area (Å²) in [5.74, 6) is 1.18. The molecule has 5 aromatic rings. The zero-order chi connectivity index (χ0) is 23.6. The topological polar surface area (TPSA) is 84.9 Å². The SMILES string of the molecule is Nc1ncccc1-c1nc2ccc(-c3ccccc3)nc2n1-c1ccc(CN2CCNCC2)cc1. The van der Waals surface area contributed by atoms with Gasteiger partial charge in [0.15, 0.2) is 11.5 Å². The molecule has 0 unspecified atom stereocenters. The van der Waals surface area contributed by atoms with Crippen molar-refractivity contribution in [2.75, 3.05) is 31.9 Å². The summed E-state index contributed by atoms with van der Waals surface area (Å²) < 4.78 is 2.09. The molecule has 0 aliphatic carbocycles. The maximum absolute atomic E-state index is 6.28. The molecule has 1 saturated heterocycles. The standard InChI is InChI=1S/C28H27N7/c29-26-23(7-4-14-31-26)27-33-25-13-12-24(21-5-2-1-3-6-21)32-28(25)35(27)22-10-8-20(9-11-22)19-34-17-15-30-16-18-34/h1-14,30H,15-19H2,(H2,29,31). The summed E-state index contributed by atoms with van der Waals surface area (Å²) in [7, 11) is 0. The minimum Gasteiger partial charge on any atom is -0.383 e. The van der Waals surface area contributed by atoms with E-state index in [1.54, 1.807) is 6.20 Å². The molecule has 35 heavy (non-hydrogen) atoms. The van der Waals surface area contributed by atoms with Crippen LogP contribution in [0, 0.1) is 0 Å². The predicted octanol–water partition coefficient (Wildman–Crippen LogP) is 4.14. The van der Waals surface area contributed by atoms with Gasteiger partial charge in [-0.05, 0) is 42.0 Å². The maximum Gasteiger partial charge on any atom is 0.165 e. The lowest BCUT2D eigenvalue weighted by Gasteiger charge is -2.27. The monoisotopic (exact) mass is 461 g/mol. The molecule has 0 spiro atoms. The lowest BCUT2D eigenvalue weighted by Crippen LogP contribution is -2.42. The van der Waals surface area contributed by atoms with Crippen molar-refractivity contribution in [1.29, 1.82) is 0 Å². The first-order valence-electron chi connectivity index (χ1n) is 11.9. The number of anilines is 1. The second-order valence-electron chi connectivity index (χ2n) is 8.80. The number of pyridine rings is 2. The molecule has 7 nitrogen and oxygen atoms in total. The van der Waals surface area contributed by atoms with Crippen molar-refractivity contribution in [3.63, 3.8) is 0 Å². The largest absolute Gasteiger partial charge is 0.383 e. The van der Waals surface area contributed by atoms with Crippen molar-refractivity contribution in [2.24, 2.45) is 0 Å². The van der Waals surface area contributed by atoms with E-state index in [1.807, 2.05) is 42.5 Å². The van der Waals surface area contributed by atoms with Gasteiger partial charge in [-0.15, -0.1) is 0 Å². The third-order valence-electron chi connectivity index (χ3n) is 6.46. The van der Waals surface area contributed by atoms with Crippen LogP contribution < -0.4 is 11.1 Å². The average Bonchev–Trinajstić information content (AvgIpc) is 3.29. The van der Waals surface area contributed by atoms with Crippen LogP contribution in [0.3, 0.4) is 0 Å². The smallest absolute Gasteiger partial charge is 0.165 e. The van der Waals surface area contributed by atoms with Gasteiger partial charge in [-0.1, -0.05) is 42.5 Å². The molecular formula is C28H27N7. The van der Waals surface area contributed by atoms with Gasteiger partial charge in [0.1, 0.15) is 11.3 Å². The number of imidazole rings is 1. The van der Waals surface area contributed by atoms with E-state index in [0.717, 1.165) is 72.2 Å². The zero-order valence-electron chi connectivity index (χ0n) is 19.4. The van der Waals surface area contributed by atoms with Gasteiger partial charge in [-0.3, -0.25) is 9.47 Å². The number of hydrogen-bond acceptors (Lipinski definition) is 6. The van der Waals surface area contributed by atoms with E-state index >= 15 is 0 Å². The molecule has 0 bridgehead atoms. The van der Waals surface area contributed by atoms with Crippen LogP contribution in [0.5, 0.6) is 0 Å². The van der Waals surface area contributed by atoms with E-state index in [-0.39, 0.29) is 0 Å². The summed E-state index contributed by atoms with van der Waals surface area (Å²) >= 11 is 0. The van der Waals surface area contributed by atoms with Crippen LogP contribution in [-0.4, -0.2) is 50.6 Å². The van der Waals surface area contributed by atoms with Gasteiger partial charge >= 0.3 is 0 Å². The fourth-order valence-corrected chi connectivity index (χ4v) is 4.64. The molecule has 3 N–H and O–H groups in total. The number of nitrogens with one attached hydrogen (secondary N) is 1. The number of rotatable bonds is 5. The number of benzene rings is 2. The number of nitrogen functional groups attached to an aromatic ring is 1. The first-order valence-corrected chi connectivity index (χ1v) is 11.9. The van der Waals surface area contributed by atoms with E-state index < -0.39 is 0 Å². The fourth-order valence-electron chi connectivity index (χ4n) is 4.64. The number of nitrogens with two attached hydrogens (primary N) is 1. The van der Waals surface area contributed by atoms with Crippen molar-refractivity contribution in [2.45, 2.75) is 6.54 Å². The minimum absolute atomic E-state index is 0.447. The maximum atomic E-state index is 6.28. The average molecular weight is 462 g/mol. The summed E-state index contributed by atoms with van der Waals surface area (Å²) in [5.41, 5.74) is 12.9. The van der Waals surface area contributed by atoms with Crippen LogP contribution in [0.4, 0.5) is 5.82 Å². The Morgan fingerprint density at radius 3 is 2.40 bits per heavy atom. The number of fused-ring (bicyclic) bond motifs is 1. The highest BCUT2D eigenvalue weighted by molar-refractivity contribution is 5.84. The summed E-state index contributed by atoms with van der Waals surface area (Å²) in [6.45, 7) is 5.19. The van der Waals surface area contributed by atoms with E-state index in [4.69, 9.17) is 15.7 Å². The van der Waals surface area contributed by atoms with Crippen LogP contribution >= 0.6 is 0 Å². The molecule has 0 saturated carbocycles. The predicted molar refractivity (Wildman–Crippen MR) is 140 cm³/mol. The molecular weight excluding hydrogens is 434 g/mol. The molecule has 7 heteroatoms. The number of aromatic nitrogens is 4. The first-order chi connectivity index (χ1) is 17.3. The Kier molecular flexibility index (Phi) is 5.70. The van der Waals surface area contributed by atoms with Gasteiger partial charge < -0.3 is 11.1 Å². The molecule has 2 aromatic carbocycles. The van der Waals surface area contributed by atoms with E-state index in [0.29, 0.717) is 5.82 Å². The normalized spacial score (nSPS) is 14.4. The van der Waals surface area contributed by atoms with E-state index in [9.17, 15) is 0 Å². The Bertz CT molecular complexity index is 1450. The van der Waals surface area contributed by atoms with Gasteiger partial charge in [-0.25, -0.2) is 15.0 Å². The molecule has 6 rings (SSSR count). The second-order valence-corrected chi connectivity index (χ2v) is 8.80. The van der Waals surface area contributed by atoms with Gasteiger partial charge in [-0.2, -0.15) is 0 Å². The molecule has 0 amide bonds. The lowest BCUT2D eigenvalue weighted by molar-refractivity contribution is 0.233. The molecule has 1 fully saturated rings. The molecule has 174 valence electrons. The van der Waals surface area contributed by atoms with Gasteiger partial charge in [0.25, 0.3) is 0 Å². The van der Waals surface area contributed by atoms with Gasteiger partial charge in [0.2, 0.25) is 0 Å². The van der Waals surface area contributed by atoms with Crippen molar-refractivity contribution in [3.8, 4) is 28.3 Å². The Morgan fingerprint density at radius 1 is 0.829 bits per heavy atom. The van der Waals surface area contributed by atoms with Crippen molar-refractivity contribution in [1.82, 2.24) is 29.7 Å². The van der Waals surface area contributed by atoms with Crippen LogP contribution in [-0.2, 0) is 6.54 Å². The second kappa shape index (κ2) is 9.29. The number of hydrogen-bond donors (Lipinski definition) is 2. The Balaban J connectivity index is 1.47. The lowest BCUT2D eigenvalue weighted by atomic mass is 10.1. The van der Waals surface area contributed by atoms with Crippen molar-refractivity contribution in [3.05, 3.63) is 90.6 Å². The van der Waals surface area contributed by atoms with E-state index in [1.165, 1.54) is 5.56 Å². The summed E-state index contributed by atoms with van der Waals surface area (Å²) in [6, 6.07) is 26.8. The number of piperazine rings is 1. The fraction of sp³-hybridized carbons (Fsp3) is 0.179. The van der Waals surface area contributed by atoms with Gasteiger partial charge in [0.05, 0.1) is 11.3 Å². The Morgan fingerprint density at radius 2 is 1.63 bits per heavy atom. The van der Waals surface area contributed by atoms with E-state index in [2.05, 4.69) is 56.2 Å². The third kappa shape index (κ3) is 4.27. The van der Waals surface area contributed by atoms with Gasteiger partial charge in [0, 0.05) is 50.2 Å². The number of nitrogens with zero attached hydrogens (tertiary/aromatic N) is 5. The summed E-state index contributed by atoms with van der Waals surface area (Å²) in [6.07, 6.45) is 1.70. The first kappa shape index (κ1) is 21.5. The summed E-state index contributed by atoms with van der Waals surface area (Å²) in [5, 5.41) is 3.41. The zero-order valence-corrected chi connectivity index (χ0v) is 19.4. The highest BCUT2D eigenvalue weighted by atomic mass is 15.2. The Labute approximate surface area is 204 Å². The molecule has 1 aliphatic rings. The highest BCUT2D eigenvalue weighted by Gasteiger charge is 2.19. The molecule has 3 aromatic heterocycles. The quantitative estimate of drug-likeness (QED) is 0.409. The van der Waals surface area contributed by atoms with Crippen molar-refractivity contribution < 1.29 is 0 Å². The third-order valence-corrected chi connectivity index (χ3v) is 6.46.